The molecule has 8 heteroatoms. The van der Waals surface area contributed by atoms with Gasteiger partial charge in [0.25, 0.3) is 0 Å². The van der Waals surface area contributed by atoms with Crippen LogP contribution in [0.3, 0.4) is 0 Å². The summed E-state index contributed by atoms with van der Waals surface area (Å²) in [5, 5.41) is 19.3. The zero-order valence-corrected chi connectivity index (χ0v) is 15.7. The molecule has 3 heterocycles. The van der Waals surface area contributed by atoms with Crippen LogP contribution in [-0.4, -0.2) is 37.4 Å². The van der Waals surface area contributed by atoms with E-state index in [0.717, 1.165) is 18.0 Å². The third-order valence-electron chi connectivity index (χ3n) is 4.38. The van der Waals surface area contributed by atoms with Gasteiger partial charge in [0.2, 0.25) is 0 Å². The molecular formula is C20H22N8. The highest BCUT2D eigenvalue weighted by molar-refractivity contribution is 5.79. The van der Waals surface area contributed by atoms with Crippen LogP contribution in [0.15, 0.2) is 72.1 Å². The van der Waals surface area contributed by atoms with E-state index in [1.54, 1.807) is 13.2 Å². The smallest absolute Gasteiger partial charge is 0.191 e. The molecule has 4 aromatic rings. The molecular weight excluding hydrogens is 352 g/mol. The zero-order chi connectivity index (χ0) is 19.2. The molecule has 0 unspecified atom stereocenters. The van der Waals surface area contributed by atoms with Crippen LogP contribution in [-0.2, 0) is 19.6 Å². The molecule has 0 aliphatic rings. The van der Waals surface area contributed by atoms with E-state index < -0.39 is 0 Å². The van der Waals surface area contributed by atoms with Crippen molar-refractivity contribution in [1.29, 1.82) is 0 Å². The quantitative estimate of drug-likeness (QED) is 0.397. The van der Waals surface area contributed by atoms with Gasteiger partial charge in [-0.25, -0.2) is 0 Å². The lowest BCUT2D eigenvalue weighted by molar-refractivity contribution is 0.685. The van der Waals surface area contributed by atoms with E-state index in [9.17, 15) is 0 Å². The maximum Gasteiger partial charge on any atom is 0.191 e. The van der Waals surface area contributed by atoms with Gasteiger partial charge < -0.3 is 10.6 Å². The van der Waals surface area contributed by atoms with E-state index in [-0.39, 0.29) is 0 Å². The van der Waals surface area contributed by atoms with Crippen molar-refractivity contribution in [3.63, 3.8) is 0 Å². The molecule has 2 N–H and O–H groups in total. The molecule has 8 nitrogen and oxygen atoms in total. The summed E-state index contributed by atoms with van der Waals surface area (Å²) in [6.45, 7) is 1.96. The Hall–Kier alpha value is -3.68. The number of pyridine rings is 1. The number of rotatable bonds is 6. The molecule has 0 bridgehead atoms. The third kappa shape index (κ3) is 4.17. The summed E-state index contributed by atoms with van der Waals surface area (Å²) < 4.78 is 3.87. The molecule has 0 atom stereocenters. The van der Waals surface area contributed by atoms with Crippen molar-refractivity contribution in [3.05, 3.63) is 84.1 Å². The van der Waals surface area contributed by atoms with Gasteiger partial charge in [-0.2, -0.15) is 5.10 Å². The number of aliphatic imine (C=N–C) groups is 1. The molecule has 3 aromatic heterocycles. The van der Waals surface area contributed by atoms with E-state index in [4.69, 9.17) is 0 Å². The van der Waals surface area contributed by atoms with Crippen molar-refractivity contribution in [2.45, 2.75) is 19.6 Å². The van der Waals surface area contributed by atoms with E-state index in [2.05, 4.69) is 55.2 Å². The van der Waals surface area contributed by atoms with Gasteiger partial charge in [0, 0.05) is 32.2 Å². The Kier molecular flexibility index (Phi) is 5.28. The van der Waals surface area contributed by atoms with Crippen LogP contribution in [0.5, 0.6) is 0 Å². The maximum atomic E-state index is 4.29. The fourth-order valence-corrected chi connectivity index (χ4v) is 3.00. The minimum absolute atomic E-state index is 0.532. The first-order chi connectivity index (χ1) is 13.8. The number of aromatic nitrogens is 5. The topological polar surface area (TPSA) is 84.4 Å². The molecule has 0 saturated heterocycles. The fraction of sp³-hybridized carbons (Fsp3) is 0.200. The molecule has 0 saturated carbocycles. The molecule has 0 amide bonds. The Morgan fingerprint density at radius 1 is 0.964 bits per heavy atom. The number of nitrogens with zero attached hydrogens (tertiary/aromatic N) is 6. The van der Waals surface area contributed by atoms with Crippen molar-refractivity contribution in [1.82, 2.24) is 35.0 Å². The Labute approximate surface area is 162 Å². The second-order valence-corrected chi connectivity index (χ2v) is 6.35. The lowest BCUT2D eigenvalue weighted by Gasteiger charge is -2.12. The van der Waals surface area contributed by atoms with Crippen LogP contribution in [0.2, 0.25) is 0 Å². The molecule has 4 rings (SSSR count). The number of nitrogens with one attached hydrogen (secondary N) is 2. The summed E-state index contributed by atoms with van der Waals surface area (Å²) in [5.41, 5.74) is 3.22. The molecule has 0 radical (unpaired) electrons. The molecule has 0 aliphatic heterocycles. The average molecular weight is 374 g/mol. The van der Waals surface area contributed by atoms with Gasteiger partial charge in [-0.15, -0.1) is 10.2 Å². The lowest BCUT2D eigenvalue weighted by atomic mass is 10.1. The highest BCUT2D eigenvalue weighted by atomic mass is 15.3. The largest absolute Gasteiger partial charge is 0.352 e. The predicted octanol–water partition coefficient (Wildman–Crippen LogP) is 1.84. The number of fused-ring (bicyclic) bond motifs is 1. The standard InChI is InChI=1S/C20H22N8/c1-21-20(23-14-19-26-25-18-8-2-3-11-28(18)19)22-13-16-6-4-7-17(12-16)15-27-10-5-9-24-27/h2-12H,13-15H2,1H3,(H2,21,22,23). The van der Waals surface area contributed by atoms with Crippen LogP contribution in [0.1, 0.15) is 17.0 Å². The summed E-state index contributed by atoms with van der Waals surface area (Å²) in [6.07, 6.45) is 5.71. The summed E-state index contributed by atoms with van der Waals surface area (Å²) in [4.78, 5) is 4.29. The second kappa shape index (κ2) is 8.34. The monoisotopic (exact) mass is 374 g/mol. The third-order valence-corrected chi connectivity index (χ3v) is 4.38. The summed E-state index contributed by atoms with van der Waals surface area (Å²) in [6, 6.07) is 16.2. The highest BCUT2D eigenvalue weighted by Gasteiger charge is 2.06. The molecule has 0 spiro atoms. The predicted molar refractivity (Wildman–Crippen MR) is 108 cm³/mol. The van der Waals surface area contributed by atoms with Crippen LogP contribution < -0.4 is 10.6 Å². The Morgan fingerprint density at radius 2 is 1.86 bits per heavy atom. The number of benzene rings is 1. The van der Waals surface area contributed by atoms with Gasteiger partial charge in [0.05, 0.1) is 13.1 Å². The normalized spacial score (nSPS) is 11.7. The van der Waals surface area contributed by atoms with Crippen molar-refractivity contribution < 1.29 is 0 Å². The average Bonchev–Trinajstić information content (AvgIpc) is 3.38. The minimum Gasteiger partial charge on any atom is -0.352 e. The van der Waals surface area contributed by atoms with Gasteiger partial charge in [0.1, 0.15) is 0 Å². The number of hydrogen-bond acceptors (Lipinski definition) is 4. The lowest BCUT2D eigenvalue weighted by Crippen LogP contribution is -2.36. The van der Waals surface area contributed by atoms with Crippen LogP contribution in [0, 0.1) is 0 Å². The Balaban J connectivity index is 1.34. The summed E-state index contributed by atoms with van der Waals surface area (Å²) in [5.74, 6) is 1.55. The first-order valence-corrected chi connectivity index (χ1v) is 9.10. The van der Waals surface area contributed by atoms with Crippen LogP contribution >= 0.6 is 0 Å². The van der Waals surface area contributed by atoms with Gasteiger partial charge in [-0.1, -0.05) is 30.3 Å². The van der Waals surface area contributed by atoms with Crippen LogP contribution in [0.4, 0.5) is 0 Å². The highest BCUT2D eigenvalue weighted by Crippen LogP contribution is 2.07. The summed E-state index contributed by atoms with van der Waals surface area (Å²) in [7, 11) is 1.76. The number of guanidine groups is 1. The molecule has 1 aromatic carbocycles. The van der Waals surface area contributed by atoms with Gasteiger partial charge in [0.15, 0.2) is 17.4 Å². The van der Waals surface area contributed by atoms with Gasteiger partial charge in [-0.05, 0) is 29.3 Å². The number of hydrogen-bond donors (Lipinski definition) is 2. The maximum absolute atomic E-state index is 4.29. The van der Waals surface area contributed by atoms with E-state index in [0.29, 0.717) is 19.0 Å². The molecule has 142 valence electrons. The molecule has 0 aliphatic carbocycles. The SMILES string of the molecule is CN=C(NCc1cccc(Cn2cccn2)c1)NCc1nnc2ccccn12. The Morgan fingerprint density at radius 3 is 2.71 bits per heavy atom. The van der Waals surface area contributed by atoms with Crippen molar-refractivity contribution in [2.24, 2.45) is 4.99 Å². The fourth-order valence-electron chi connectivity index (χ4n) is 3.00. The van der Waals surface area contributed by atoms with Crippen molar-refractivity contribution in [2.75, 3.05) is 7.05 Å². The van der Waals surface area contributed by atoms with Gasteiger partial charge in [-0.3, -0.25) is 14.1 Å². The van der Waals surface area contributed by atoms with Crippen molar-refractivity contribution in [3.8, 4) is 0 Å². The van der Waals surface area contributed by atoms with Crippen molar-refractivity contribution >= 4 is 11.6 Å². The van der Waals surface area contributed by atoms with E-state index in [1.165, 1.54) is 11.1 Å². The molecule has 0 fully saturated rings. The summed E-state index contributed by atoms with van der Waals surface area (Å²) >= 11 is 0. The van der Waals surface area contributed by atoms with Gasteiger partial charge >= 0.3 is 0 Å². The van der Waals surface area contributed by atoms with Crippen LogP contribution in [0.25, 0.3) is 5.65 Å². The second-order valence-electron chi connectivity index (χ2n) is 6.35. The first kappa shape index (κ1) is 17.7. The van der Waals surface area contributed by atoms with E-state index >= 15 is 0 Å². The Bertz CT molecular complexity index is 1060. The minimum atomic E-state index is 0.532. The van der Waals surface area contributed by atoms with E-state index in [1.807, 2.05) is 45.7 Å². The zero-order valence-electron chi connectivity index (χ0n) is 15.7. The first-order valence-electron chi connectivity index (χ1n) is 9.10. The molecule has 28 heavy (non-hydrogen) atoms.